The van der Waals surface area contributed by atoms with Crippen molar-refractivity contribution in [3.8, 4) is 28.6 Å². The number of methoxy groups -OCH3 is 3. The lowest BCUT2D eigenvalue weighted by atomic mass is 10.1. The largest absolute Gasteiger partial charge is 0.497 e. The molecule has 1 fully saturated rings. The van der Waals surface area contributed by atoms with Crippen molar-refractivity contribution in [2.45, 2.75) is 18.8 Å². The zero-order valence-corrected chi connectivity index (χ0v) is 17.8. The second kappa shape index (κ2) is 9.07. The first-order valence-corrected chi connectivity index (χ1v) is 10.1. The van der Waals surface area contributed by atoms with Crippen LogP contribution in [-0.2, 0) is 11.2 Å². The summed E-state index contributed by atoms with van der Waals surface area (Å²) in [6.07, 6.45) is 1.09. The summed E-state index contributed by atoms with van der Waals surface area (Å²) in [6.45, 7) is 1.18. The van der Waals surface area contributed by atoms with E-state index in [0.717, 1.165) is 23.3 Å². The molecule has 8 nitrogen and oxygen atoms in total. The third-order valence-electron chi connectivity index (χ3n) is 5.47. The second-order valence-corrected chi connectivity index (χ2v) is 7.36. The smallest absolute Gasteiger partial charge is 0.232 e. The minimum atomic E-state index is -0.0996. The van der Waals surface area contributed by atoms with E-state index < -0.39 is 0 Å². The molecular weight excluding hydrogens is 398 g/mol. The van der Waals surface area contributed by atoms with Crippen LogP contribution in [0.2, 0.25) is 0 Å². The Kier molecular flexibility index (Phi) is 6.06. The second-order valence-electron chi connectivity index (χ2n) is 7.36. The van der Waals surface area contributed by atoms with Crippen LogP contribution in [-0.4, -0.2) is 55.4 Å². The first-order chi connectivity index (χ1) is 15.1. The number of nitrogens with zero attached hydrogens (tertiary/aromatic N) is 3. The molecule has 162 valence electrons. The molecule has 1 atom stereocenters. The van der Waals surface area contributed by atoms with E-state index in [1.54, 1.807) is 21.3 Å². The van der Waals surface area contributed by atoms with Gasteiger partial charge in [0.15, 0.2) is 11.5 Å². The van der Waals surface area contributed by atoms with E-state index in [1.165, 1.54) is 0 Å². The van der Waals surface area contributed by atoms with E-state index in [2.05, 4.69) is 10.1 Å². The predicted octanol–water partition coefficient (Wildman–Crippen LogP) is 3.32. The standard InChI is InChI=1S/C23H25N3O5/c1-28-18-7-5-16(6-8-18)22-24-23(31-25-22)17-13-21(27)26(14-17)11-10-15-4-9-19(29-2)20(12-15)30-3/h4-9,12,17H,10-11,13-14H2,1-3H3. The molecule has 0 aliphatic carbocycles. The number of aromatic nitrogens is 2. The van der Waals surface area contributed by atoms with Gasteiger partial charge in [0.25, 0.3) is 0 Å². The van der Waals surface area contributed by atoms with E-state index in [0.29, 0.717) is 42.7 Å². The lowest BCUT2D eigenvalue weighted by molar-refractivity contribution is -0.127. The van der Waals surface area contributed by atoms with E-state index in [-0.39, 0.29) is 11.8 Å². The fourth-order valence-electron chi connectivity index (χ4n) is 3.71. The van der Waals surface area contributed by atoms with Crippen LogP contribution in [0, 0.1) is 0 Å². The Balaban J connectivity index is 1.39. The topological polar surface area (TPSA) is 86.9 Å². The third kappa shape index (κ3) is 4.47. The first kappa shape index (κ1) is 20.7. The van der Waals surface area contributed by atoms with Gasteiger partial charge in [0.2, 0.25) is 17.6 Å². The van der Waals surface area contributed by atoms with Crippen molar-refractivity contribution in [3.63, 3.8) is 0 Å². The zero-order chi connectivity index (χ0) is 21.8. The highest BCUT2D eigenvalue weighted by atomic mass is 16.5. The third-order valence-corrected chi connectivity index (χ3v) is 5.47. The van der Waals surface area contributed by atoms with E-state index >= 15 is 0 Å². The minimum absolute atomic E-state index is 0.0923. The summed E-state index contributed by atoms with van der Waals surface area (Å²) in [7, 11) is 4.84. The van der Waals surface area contributed by atoms with Crippen molar-refractivity contribution in [2.75, 3.05) is 34.4 Å². The van der Waals surface area contributed by atoms with Gasteiger partial charge in [-0.25, -0.2) is 0 Å². The van der Waals surface area contributed by atoms with Crippen molar-refractivity contribution < 1.29 is 23.5 Å². The Morgan fingerprint density at radius 1 is 1.03 bits per heavy atom. The highest BCUT2D eigenvalue weighted by Gasteiger charge is 2.34. The average molecular weight is 423 g/mol. The molecule has 2 aromatic carbocycles. The highest BCUT2D eigenvalue weighted by Crippen LogP contribution is 2.30. The first-order valence-electron chi connectivity index (χ1n) is 10.1. The zero-order valence-electron chi connectivity index (χ0n) is 17.8. The SMILES string of the molecule is COc1ccc(-c2noc(C3CC(=O)N(CCc4ccc(OC)c(OC)c4)C3)n2)cc1. The Labute approximate surface area is 180 Å². The van der Waals surface area contributed by atoms with Gasteiger partial charge in [-0.2, -0.15) is 4.98 Å². The molecule has 0 N–H and O–H groups in total. The molecule has 8 heteroatoms. The van der Waals surface area contributed by atoms with Crippen molar-refractivity contribution in [1.82, 2.24) is 15.0 Å². The van der Waals surface area contributed by atoms with Gasteiger partial charge in [-0.3, -0.25) is 4.79 Å². The number of rotatable bonds is 8. The van der Waals surface area contributed by atoms with Gasteiger partial charge >= 0.3 is 0 Å². The molecule has 1 unspecified atom stereocenters. The summed E-state index contributed by atoms with van der Waals surface area (Å²) < 4.78 is 21.3. The number of carbonyl (C=O) groups is 1. The fraction of sp³-hybridized carbons (Fsp3) is 0.348. The summed E-state index contributed by atoms with van der Waals surface area (Å²) in [6, 6.07) is 13.3. The molecular formula is C23H25N3O5. The Hall–Kier alpha value is -3.55. The molecule has 31 heavy (non-hydrogen) atoms. The van der Waals surface area contributed by atoms with Crippen LogP contribution in [0.5, 0.6) is 17.2 Å². The van der Waals surface area contributed by atoms with Gasteiger partial charge in [0, 0.05) is 25.1 Å². The molecule has 0 radical (unpaired) electrons. The van der Waals surface area contributed by atoms with Crippen LogP contribution in [0.15, 0.2) is 47.0 Å². The predicted molar refractivity (Wildman–Crippen MR) is 113 cm³/mol. The average Bonchev–Trinajstić information content (AvgIpc) is 3.44. The van der Waals surface area contributed by atoms with Gasteiger partial charge in [-0.15, -0.1) is 0 Å². The summed E-state index contributed by atoms with van der Waals surface area (Å²) in [5.41, 5.74) is 1.92. The quantitative estimate of drug-likeness (QED) is 0.549. The Morgan fingerprint density at radius 3 is 2.52 bits per heavy atom. The number of hydrogen-bond acceptors (Lipinski definition) is 7. The van der Waals surface area contributed by atoms with E-state index in [1.807, 2.05) is 47.4 Å². The Bertz CT molecular complexity index is 1050. The van der Waals surface area contributed by atoms with Crippen LogP contribution >= 0.6 is 0 Å². The normalized spacial score (nSPS) is 15.9. The van der Waals surface area contributed by atoms with Crippen molar-refractivity contribution >= 4 is 5.91 Å². The maximum absolute atomic E-state index is 12.5. The number of amides is 1. The molecule has 4 rings (SSSR count). The summed E-state index contributed by atoms with van der Waals surface area (Å²) in [5, 5.41) is 4.08. The number of likely N-dealkylation sites (tertiary alicyclic amines) is 1. The maximum Gasteiger partial charge on any atom is 0.232 e. The molecule has 1 aliphatic heterocycles. The lowest BCUT2D eigenvalue weighted by Gasteiger charge is -2.16. The number of hydrogen-bond donors (Lipinski definition) is 0. The van der Waals surface area contributed by atoms with E-state index in [4.69, 9.17) is 18.7 Å². The van der Waals surface area contributed by atoms with Gasteiger partial charge in [0.05, 0.1) is 27.2 Å². The Morgan fingerprint density at radius 2 is 1.81 bits per heavy atom. The summed E-state index contributed by atoms with van der Waals surface area (Å²) in [4.78, 5) is 18.9. The monoisotopic (exact) mass is 423 g/mol. The molecule has 1 aromatic heterocycles. The highest BCUT2D eigenvalue weighted by molar-refractivity contribution is 5.79. The summed E-state index contributed by atoms with van der Waals surface area (Å²) >= 11 is 0. The van der Waals surface area contributed by atoms with Crippen molar-refractivity contribution in [3.05, 3.63) is 53.9 Å². The van der Waals surface area contributed by atoms with Crippen molar-refractivity contribution in [2.24, 2.45) is 0 Å². The molecule has 0 saturated carbocycles. The van der Waals surface area contributed by atoms with Crippen LogP contribution in [0.1, 0.15) is 23.8 Å². The number of benzene rings is 2. The molecule has 3 aromatic rings. The van der Waals surface area contributed by atoms with Gasteiger partial charge in [-0.1, -0.05) is 11.2 Å². The van der Waals surface area contributed by atoms with Crippen LogP contribution in [0.4, 0.5) is 0 Å². The molecule has 1 amide bonds. The maximum atomic E-state index is 12.5. The van der Waals surface area contributed by atoms with Crippen LogP contribution in [0.3, 0.4) is 0 Å². The fourth-order valence-corrected chi connectivity index (χ4v) is 3.71. The lowest BCUT2D eigenvalue weighted by Crippen LogP contribution is -2.27. The van der Waals surface area contributed by atoms with Crippen LogP contribution < -0.4 is 14.2 Å². The molecule has 1 aliphatic rings. The van der Waals surface area contributed by atoms with Crippen molar-refractivity contribution in [1.29, 1.82) is 0 Å². The van der Waals surface area contributed by atoms with Gasteiger partial charge in [0.1, 0.15) is 5.75 Å². The van der Waals surface area contributed by atoms with E-state index in [9.17, 15) is 4.79 Å². The van der Waals surface area contributed by atoms with Gasteiger partial charge in [-0.05, 0) is 48.4 Å². The van der Waals surface area contributed by atoms with Gasteiger partial charge < -0.3 is 23.6 Å². The number of carbonyl (C=O) groups excluding carboxylic acids is 1. The molecule has 1 saturated heterocycles. The minimum Gasteiger partial charge on any atom is -0.497 e. The molecule has 0 spiro atoms. The molecule has 2 heterocycles. The summed E-state index contributed by atoms with van der Waals surface area (Å²) in [5.74, 6) is 3.13. The van der Waals surface area contributed by atoms with Crippen LogP contribution in [0.25, 0.3) is 11.4 Å². The molecule has 0 bridgehead atoms. The number of ether oxygens (including phenoxy) is 3.